The molecular formula is C16H17N3O. The number of benzene rings is 2. The van der Waals surface area contributed by atoms with Gasteiger partial charge in [0.05, 0.1) is 12.1 Å². The van der Waals surface area contributed by atoms with Crippen molar-refractivity contribution in [1.82, 2.24) is 9.78 Å². The van der Waals surface area contributed by atoms with E-state index in [1.54, 1.807) is 0 Å². The smallest absolute Gasteiger partial charge is 0.111 e. The van der Waals surface area contributed by atoms with Crippen LogP contribution in [0.3, 0.4) is 0 Å². The Balaban J connectivity index is 2.07. The van der Waals surface area contributed by atoms with E-state index in [-0.39, 0.29) is 6.54 Å². The summed E-state index contributed by atoms with van der Waals surface area (Å²) in [5.41, 5.74) is 8.40. The van der Waals surface area contributed by atoms with Crippen LogP contribution in [0.15, 0.2) is 54.6 Å². The predicted molar refractivity (Wildman–Crippen MR) is 79.3 cm³/mol. The quantitative estimate of drug-likeness (QED) is 0.760. The van der Waals surface area contributed by atoms with Crippen molar-refractivity contribution < 1.29 is 5.11 Å². The first-order valence-electron chi connectivity index (χ1n) is 6.67. The zero-order valence-electron chi connectivity index (χ0n) is 11.1. The summed E-state index contributed by atoms with van der Waals surface area (Å²) < 4.78 is 1.92. The second-order valence-electron chi connectivity index (χ2n) is 4.80. The summed E-state index contributed by atoms with van der Waals surface area (Å²) in [5, 5.41) is 15.5. The number of para-hydroxylation sites is 1. The summed E-state index contributed by atoms with van der Waals surface area (Å²) in [6.07, 6.45) is -0.725. The number of hydrogen-bond donors (Lipinski definition) is 2. The maximum absolute atomic E-state index is 10.0. The van der Waals surface area contributed by atoms with E-state index in [0.717, 1.165) is 10.9 Å². The Hall–Kier alpha value is -2.17. The number of nitrogens with zero attached hydrogens (tertiary/aromatic N) is 2. The van der Waals surface area contributed by atoms with Gasteiger partial charge in [0.2, 0.25) is 0 Å². The lowest BCUT2D eigenvalue weighted by Crippen LogP contribution is -2.13. The number of aliphatic hydroxyl groups is 1. The molecule has 1 heterocycles. The van der Waals surface area contributed by atoms with Crippen LogP contribution in [0.2, 0.25) is 0 Å². The van der Waals surface area contributed by atoms with Gasteiger partial charge in [-0.25, -0.2) is 0 Å². The van der Waals surface area contributed by atoms with Crippen LogP contribution in [0.25, 0.3) is 10.9 Å². The summed E-state index contributed by atoms with van der Waals surface area (Å²) in [6, 6.07) is 18.1. The molecule has 1 aromatic heterocycles. The Kier molecular flexibility index (Phi) is 3.50. The van der Waals surface area contributed by atoms with Crippen molar-refractivity contribution in [3.05, 3.63) is 65.9 Å². The van der Waals surface area contributed by atoms with Crippen molar-refractivity contribution in [3.63, 3.8) is 0 Å². The number of aromatic nitrogens is 2. The molecule has 3 rings (SSSR count). The van der Waals surface area contributed by atoms with Gasteiger partial charge in [0.1, 0.15) is 11.8 Å². The summed E-state index contributed by atoms with van der Waals surface area (Å²) >= 11 is 0. The molecule has 0 amide bonds. The van der Waals surface area contributed by atoms with Crippen molar-refractivity contribution in [2.24, 2.45) is 5.73 Å². The van der Waals surface area contributed by atoms with E-state index < -0.39 is 6.10 Å². The second kappa shape index (κ2) is 5.45. The first-order chi connectivity index (χ1) is 9.79. The molecule has 0 aliphatic heterocycles. The molecule has 0 bridgehead atoms. The van der Waals surface area contributed by atoms with Crippen molar-refractivity contribution in [2.75, 3.05) is 6.54 Å². The normalized spacial score (nSPS) is 12.7. The van der Waals surface area contributed by atoms with E-state index >= 15 is 0 Å². The lowest BCUT2D eigenvalue weighted by molar-refractivity contribution is 0.182. The number of fused-ring (bicyclic) bond motifs is 1. The van der Waals surface area contributed by atoms with E-state index in [0.29, 0.717) is 12.2 Å². The zero-order valence-corrected chi connectivity index (χ0v) is 11.1. The number of hydrogen-bond acceptors (Lipinski definition) is 3. The molecule has 0 fully saturated rings. The van der Waals surface area contributed by atoms with E-state index in [2.05, 4.69) is 17.2 Å². The lowest BCUT2D eigenvalue weighted by Gasteiger charge is -2.04. The molecule has 1 atom stereocenters. The third kappa shape index (κ3) is 2.31. The van der Waals surface area contributed by atoms with Crippen molar-refractivity contribution in [3.8, 4) is 0 Å². The lowest BCUT2D eigenvalue weighted by atomic mass is 10.1. The summed E-state index contributed by atoms with van der Waals surface area (Å²) in [6.45, 7) is 0.852. The molecule has 0 aliphatic carbocycles. The van der Waals surface area contributed by atoms with Gasteiger partial charge in [-0.2, -0.15) is 5.10 Å². The van der Waals surface area contributed by atoms with Gasteiger partial charge >= 0.3 is 0 Å². The number of aliphatic hydroxyl groups excluding tert-OH is 1. The highest BCUT2D eigenvalue weighted by molar-refractivity contribution is 5.82. The molecule has 1 unspecified atom stereocenters. The van der Waals surface area contributed by atoms with Gasteiger partial charge in [-0.05, 0) is 11.6 Å². The van der Waals surface area contributed by atoms with Crippen LogP contribution in [-0.4, -0.2) is 21.4 Å². The molecule has 0 saturated heterocycles. The summed E-state index contributed by atoms with van der Waals surface area (Å²) in [5.74, 6) is 0. The van der Waals surface area contributed by atoms with E-state index in [9.17, 15) is 5.11 Å². The van der Waals surface area contributed by atoms with Gasteiger partial charge in [-0.15, -0.1) is 0 Å². The highest BCUT2D eigenvalue weighted by Gasteiger charge is 2.16. The Morgan fingerprint density at radius 2 is 1.75 bits per heavy atom. The molecule has 0 saturated carbocycles. The third-order valence-electron chi connectivity index (χ3n) is 3.40. The standard InChI is InChI=1S/C16H17N3O/c17-10-15(20)16-13-8-4-5-9-14(13)19(18-16)11-12-6-2-1-3-7-12/h1-9,15,20H,10-11,17H2. The molecule has 0 spiro atoms. The Morgan fingerprint density at radius 1 is 1.05 bits per heavy atom. The molecule has 4 heteroatoms. The van der Waals surface area contributed by atoms with Gasteiger partial charge in [0, 0.05) is 11.9 Å². The fourth-order valence-corrected chi connectivity index (χ4v) is 2.39. The topological polar surface area (TPSA) is 64.1 Å². The fraction of sp³-hybridized carbons (Fsp3) is 0.188. The maximum Gasteiger partial charge on any atom is 0.111 e. The molecule has 3 N–H and O–H groups in total. The Bertz CT molecular complexity index is 706. The molecule has 20 heavy (non-hydrogen) atoms. The van der Waals surface area contributed by atoms with E-state index in [1.165, 1.54) is 5.56 Å². The molecule has 4 nitrogen and oxygen atoms in total. The van der Waals surface area contributed by atoms with E-state index in [1.807, 2.05) is 47.1 Å². The van der Waals surface area contributed by atoms with Gasteiger partial charge in [0.15, 0.2) is 0 Å². The minimum absolute atomic E-state index is 0.173. The number of rotatable bonds is 4. The Labute approximate surface area is 117 Å². The molecule has 0 aliphatic rings. The minimum atomic E-state index is -0.725. The third-order valence-corrected chi connectivity index (χ3v) is 3.40. The largest absolute Gasteiger partial charge is 0.385 e. The summed E-state index contributed by atoms with van der Waals surface area (Å²) in [4.78, 5) is 0. The minimum Gasteiger partial charge on any atom is -0.385 e. The average Bonchev–Trinajstić information content (AvgIpc) is 2.87. The predicted octanol–water partition coefficient (Wildman–Crippen LogP) is 2.08. The molecule has 3 aromatic rings. The van der Waals surface area contributed by atoms with Gasteiger partial charge < -0.3 is 10.8 Å². The second-order valence-corrected chi connectivity index (χ2v) is 4.80. The van der Waals surface area contributed by atoms with Gasteiger partial charge in [0.25, 0.3) is 0 Å². The Morgan fingerprint density at radius 3 is 2.50 bits per heavy atom. The SMILES string of the molecule is NCC(O)c1nn(Cc2ccccc2)c2ccccc12. The first kappa shape index (κ1) is 12.8. The van der Waals surface area contributed by atoms with Gasteiger partial charge in [-0.1, -0.05) is 48.5 Å². The van der Waals surface area contributed by atoms with Crippen LogP contribution < -0.4 is 5.73 Å². The van der Waals surface area contributed by atoms with Gasteiger partial charge in [-0.3, -0.25) is 4.68 Å². The maximum atomic E-state index is 10.0. The van der Waals surface area contributed by atoms with Crippen molar-refractivity contribution in [1.29, 1.82) is 0 Å². The number of nitrogens with two attached hydrogens (primary N) is 1. The van der Waals surface area contributed by atoms with Crippen LogP contribution in [0.4, 0.5) is 0 Å². The molecule has 2 aromatic carbocycles. The van der Waals surface area contributed by atoms with Crippen LogP contribution in [0, 0.1) is 0 Å². The van der Waals surface area contributed by atoms with E-state index in [4.69, 9.17) is 5.73 Å². The highest BCUT2D eigenvalue weighted by Crippen LogP contribution is 2.23. The first-order valence-corrected chi connectivity index (χ1v) is 6.67. The van der Waals surface area contributed by atoms with Crippen LogP contribution in [0.1, 0.15) is 17.4 Å². The van der Waals surface area contributed by atoms with Crippen LogP contribution in [-0.2, 0) is 6.54 Å². The zero-order chi connectivity index (χ0) is 13.9. The molecule has 0 radical (unpaired) electrons. The van der Waals surface area contributed by atoms with Crippen molar-refractivity contribution in [2.45, 2.75) is 12.6 Å². The average molecular weight is 267 g/mol. The van der Waals surface area contributed by atoms with Crippen LogP contribution >= 0.6 is 0 Å². The highest BCUT2D eigenvalue weighted by atomic mass is 16.3. The summed E-state index contributed by atoms with van der Waals surface area (Å²) in [7, 11) is 0. The molecule has 102 valence electrons. The van der Waals surface area contributed by atoms with Crippen LogP contribution in [0.5, 0.6) is 0 Å². The monoisotopic (exact) mass is 267 g/mol. The molecular weight excluding hydrogens is 250 g/mol. The van der Waals surface area contributed by atoms with Crippen molar-refractivity contribution >= 4 is 10.9 Å². The fourth-order valence-electron chi connectivity index (χ4n) is 2.39.